The van der Waals surface area contributed by atoms with Gasteiger partial charge < -0.3 is 0 Å². The van der Waals surface area contributed by atoms with E-state index in [-0.39, 0.29) is 5.82 Å². The molecule has 0 saturated carbocycles. The van der Waals surface area contributed by atoms with Crippen LogP contribution in [-0.4, -0.2) is 5.71 Å². The molecule has 0 unspecified atom stereocenters. The highest BCUT2D eigenvalue weighted by Gasteiger charge is 2.07. The Hall–Kier alpha value is -3.51. The zero-order valence-corrected chi connectivity index (χ0v) is 21.6. The van der Waals surface area contributed by atoms with Crippen LogP contribution in [0.25, 0.3) is 0 Å². The molecule has 2 aromatic carbocycles. The Balaban J connectivity index is 0.000000762. The third kappa shape index (κ3) is 13.1. The molecule has 0 atom stereocenters. The lowest BCUT2D eigenvalue weighted by molar-refractivity contribution is 0.624. The molecule has 3 heteroatoms. The minimum atomic E-state index is -0.215. The maximum Gasteiger partial charge on any atom is 0.123 e. The number of aryl methyl sites for hydroxylation is 1. The molecule has 2 aromatic rings. The molecule has 0 saturated heterocycles. The Morgan fingerprint density at radius 2 is 1.74 bits per heavy atom. The molecule has 0 aliphatic rings. The van der Waals surface area contributed by atoms with Crippen LogP contribution in [0.15, 0.2) is 102 Å². The Morgan fingerprint density at radius 1 is 1.00 bits per heavy atom. The number of unbranched alkanes of at least 4 members (excludes halogenated alkanes) is 1. The van der Waals surface area contributed by atoms with E-state index in [4.69, 9.17) is 0 Å². The molecule has 0 aliphatic heterocycles. The van der Waals surface area contributed by atoms with E-state index in [9.17, 15) is 9.65 Å². The predicted molar refractivity (Wildman–Crippen MR) is 149 cm³/mol. The molecular formula is C32H39FN2. The molecule has 0 heterocycles. The summed E-state index contributed by atoms with van der Waals surface area (Å²) in [6.45, 7) is 18.0. The van der Waals surface area contributed by atoms with Crippen molar-refractivity contribution >= 4 is 5.71 Å². The third-order valence-electron chi connectivity index (χ3n) is 5.12. The molecular weight excluding hydrogens is 431 g/mol. The maximum atomic E-state index is 13.3. The first-order valence-corrected chi connectivity index (χ1v) is 12.2. The van der Waals surface area contributed by atoms with E-state index in [2.05, 4.69) is 44.6 Å². The number of benzene rings is 2. The summed E-state index contributed by atoms with van der Waals surface area (Å²) < 4.78 is 13.3. The van der Waals surface area contributed by atoms with Gasteiger partial charge in [0.05, 0.1) is 17.3 Å². The fraction of sp³-hybridized carbons (Fsp3) is 0.312. The first kappa shape index (κ1) is 29.5. The second kappa shape index (κ2) is 17.0. The summed E-state index contributed by atoms with van der Waals surface area (Å²) in [6.07, 6.45) is 10.7. The molecule has 0 N–H and O–H groups in total. The molecule has 0 aliphatic carbocycles. The van der Waals surface area contributed by atoms with Gasteiger partial charge in [0.25, 0.3) is 0 Å². The first-order chi connectivity index (χ1) is 16.8. The van der Waals surface area contributed by atoms with Gasteiger partial charge >= 0.3 is 0 Å². The average Bonchev–Trinajstić information content (AvgIpc) is 2.82. The highest BCUT2D eigenvalue weighted by Crippen LogP contribution is 2.16. The molecule has 184 valence electrons. The van der Waals surface area contributed by atoms with Gasteiger partial charge in [0.15, 0.2) is 0 Å². The zero-order chi connectivity index (χ0) is 26.1. The van der Waals surface area contributed by atoms with Crippen molar-refractivity contribution in [1.29, 1.82) is 5.26 Å². The summed E-state index contributed by atoms with van der Waals surface area (Å²) in [6, 6.07) is 16.3. The zero-order valence-electron chi connectivity index (χ0n) is 21.6. The lowest BCUT2D eigenvalue weighted by atomic mass is 10.0. The number of halogens is 1. The number of allylic oxidation sites excluding steroid dienone is 5. The van der Waals surface area contributed by atoms with E-state index >= 15 is 0 Å². The molecule has 0 aromatic heterocycles. The number of nitriles is 1. The van der Waals surface area contributed by atoms with Crippen LogP contribution in [-0.2, 0) is 6.42 Å². The fourth-order valence-corrected chi connectivity index (χ4v) is 3.26. The van der Waals surface area contributed by atoms with Gasteiger partial charge in [-0.25, -0.2) is 4.39 Å². The highest BCUT2D eigenvalue weighted by molar-refractivity contribution is 6.10. The normalized spacial score (nSPS) is 10.9. The number of rotatable bonds is 12. The van der Waals surface area contributed by atoms with Gasteiger partial charge in [-0.05, 0) is 82.2 Å². The van der Waals surface area contributed by atoms with E-state index in [0.29, 0.717) is 17.7 Å². The first-order valence-electron chi connectivity index (χ1n) is 12.2. The second-order valence-corrected chi connectivity index (χ2v) is 8.83. The second-order valence-electron chi connectivity index (χ2n) is 8.83. The van der Waals surface area contributed by atoms with Crippen molar-refractivity contribution in [2.45, 2.75) is 65.7 Å². The Labute approximate surface area is 211 Å². The Morgan fingerprint density at radius 3 is 2.34 bits per heavy atom. The van der Waals surface area contributed by atoms with Crippen molar-refractivity contribution in [3.63, 3.8) is 0 Å². The van der Waals surface area contributed by atoms with Gasteiger partial charge in [0, 0.05) is 11.3 Å². The van der Waals surface area contributed by atoms with Crippen LogP contribution in [0, 0.1) is 17.1 Å². The van der Waals surface area contributed by atoms with Crippen molar-refractivity contribution in [3.05, 3.63) is 120 Å². The highest BCUT2D eigenvalue weighted by atomic mass is 19.1. The summed E-state index contributed by atoms with van der Waals surface area (Å²) >= 11 is 0. The minimum absolute atomic E-state index is 0.215. The summed E-state index contributed by atoms with van der Waals surface area (Å²) in [7, 11) is 0. The Bertz CT molecular complexity index is 1080. The molecule has 2 nitrogen and oxygen atoms in total. The van der Waals surface area contributed by atoms with Crippen LogP contribution in [0.3, 0.4) is 0 Å². The topological polar surface area (TPSA) is 36.1 Å². The minimum Gasteiger partial charge on any atom is -0.253 e. The monoisotopic (exact) mass is 470 g/mol. The van der Waals surface area contributed by atoms with Gasteiger partial charge in [-0.1, -0.05) is 74.1 Å². The fourth-order valence-electron chi connectivity index (χ4n) is 3.26. The summed E-state index contributed by atoms with van der Waals surface area (Å²) in [5, 5.41) is 9.41. The van der Waals surface area contributed by atoms with E-state index in [1.165, 1.54) is 30.9 Å². The molecule has 35 heavy (non-hydrogen) atoms. The Kier molecular flexibility index (Phi) is 14.3. The lowest BCUT2D eigenvalue weighted by Crippen LogP contribution is -2.01. The molecule has 0 amide bonds. The van der Waals surface area contributed by atoms with Crippen LogP contribution < -0.4 is 0 Å². The number of hydrogen-bond acceptors (Lipinski definition) is 2. The molecule has 0 spiro atoms. The van der Waals surface area contributed by atoms with Gasteiger partial charge in [0.2, 0.25) is 0 Å². The summed E-state index contributed by atoms with van der Waals surface area (Å²) in [5.74, 6) is -0.215. The number of aliphatic imine (C=N–C) groups is 1. The lowest BCUT2D eigenvalue weighted by Gasteiger charge is -2.07. The van der Waals surface area contributed by atoms with Crippen molar-refractivity contribution in [2.24, 2.45) is 4.99 Å². The largest absolute Gasteiger partial charge is 0.253 e. The van der Waals surface area contributed by atoms with Crippen LogP contribution in [0.2, 0.25) is 0 Å². The molecule has 2 rings (SSSR count). The molecule has 0 bridgehead atoms. The van der Waals surface area contributed by atoms with Crippen molar-refractivity contribution in [2.75, 3.05) is 0 Å². The molecule has 0 radical (unpaired) electrons. The van der Waals surface area contributed by atoms with E-state index in [0.717, 1.165) is 41.7 Å². The predicted octanol–water partition coefficient (Wildman–Crippen LogP) is 9.30. The third-order valence-corrected chi connectivity index (χ3v) is 5.12. The van der Waals surface area contributed by atoms with Crippen molar-refractivity contribution < 1.29 is 4.39 Å². The van der Waals surface area contributed by atoms with Gasteiger partial charge in [-0.15, -0.1) is 6.58 Å². The van der Waals surface area contributed by atoms with Crippen LogP contribution in [0.1, 0.15) is 76.0 Å². The van der Waals surface area contributed by atoms with Crippen LogP contribution in [0.5, 0.6) is 0 Å². The maximum absolute atomic E-state index is 13.3. The quantitative estimate of drug-likeness (QED) is 0.225. The molecule has 0 fully saturated rings. The summed E-state index contributed by atoms with van der Waals surface area (Å²) in [5.41, 5.74) is 6.14. The SMILES string of the molecule is C=C(C)C/C=C\C(=NC(=C)CCCc1cccc(F)c1)c1ccccc1C#N.C=C(C)CCCC. The van der Waals surface area contributed by atoms with Crippen molar-refractivity contribution in [3.8, 4) is 6.07 Å². The van der Waals surface area contributed by atoms with Crippen molar-refractivity contribution in [1.82, 2.24) is 0 Å². The van der Waals surface area contributed by atoms with E-state index in [1.807, 2.05) is 43.3 Å². The summed E-state index contributed by atoms with van der Waals surface area (Å²) in [4.78, 5) is 4.68. The van der Waals surface area contributed by atoms with Crippen LogP contribution in [0.4, 0.5) is 4.39 Å². The van der Waals surface area contributed by atoms with Crippen LogP contribution >= 0.6 is 0 Å². The van der Waals surface area contributed by atoms with E-state index in [1.54, 1.807) is 18.2 Å². The smallest absolute Gasteiger partial charge is 0.123 e. The van der Waals surface area contributed by atoms with E-state index < -0.39 is 0 Å². The van der Waals surface area contributed by atoms with Gasteiger partial charge in [0.1, 0.15) is 5.82 Å². The van der Waals surface area contributed by atoms with Gasteiger partial charge in [-0.2, -0.15) is 5.26 Å². The standard InChI is InChI=1S/C25H25FN2.C7H14/c1-19(2)9-6-16-25(24-15-5-4-13-22(24)18-27)28-20(3)10-7-11-21-12-8-14-23(26)17-21;1-4-5-6-7(2)3/h4-6,8,12-17H,1,3,7,9-11H2,2H3;2,4-6H2,1,3H3/b16-6-,28-25?;. The van der Waals surface area contributed by atoms with Gasteiger partial charge in [-0.3, -0.25) is 4.99 Å². The number of hydrogen-bond donors (Lipinski definition) is 0. The number of nitrogens with zero attached hydrogens (tertiary/aromatic N) is 2. The average molecular weight is 471 g/mol.